The molecule has 0 aliphatic carbocycles. The van der Waals surface area contributed by atoms with E-state index in [2.05, 4.69) is 20.2 Å². The maximum absolute atomic E-state index is 11.8. The number of aromatic nitrogens is 1. The van der Waals surface area contributed by atoms with Crippen LogP contribution in [0.5, 0.6) is 0 Å². The molecule has 0 amide bonds. The lowest BCUT2D eigenvalue weighted by atomic mass is 10.2. The van der Waals surface area contributed by atoms with E-state index in [1.54, 1.807) is 6.07 Å². The van der Waals surface area contributed by atoms with Crippen LogP contribution in [0.4, 0.5) is 5.69 Å². The number of nitrogens with one attached hydrogen (secondary N) is 1. The van der Waals surface area contributed by atoms with Gasteiger partial charge < -0.3 is 0 Å². The first-order chi connectivity index (χ1) is 9.09. The number of pyridine rings is 1. The van der Waals surface area contributed by atoms with Gasteiger partial charge in [0.25, 0.3) is 0 Å². The molecule has 7 heteroatoms. The van der Waals surface area contributed by atoms with Gasteiger partial charge in [-0.1, -0.05) is 23.4 Å². The maximum atomic E-state index is 11.8. The molecule has 0 fully saturated rings. The van der Waals surface area contributed by atoms with E-state index in [1.165, 1.54) is 24.5 Å². The number of anilines is 1. The van der Waals surface area contributed by atoms with Gasteiger partial charge in [0.1, 0.15) is 4.90 Å². The monoisotopic (exact) mass is 276 g/mol. The van der Waals surface area contributed by atoms with Gasteiger partial charge in [-0.15, -0.1) is 0 Å². The standard InChI is InChI=1S/C12H12N4O2S/c1-10-5-2-3-7-12(10)14-15-16-19(17,18)11-6-4-8-13-9-11/h2-9H,1H3,(H,14,16). The van der Waals surface area contributed by atoms with E-state index in [4.69, 9.17) is 0 Å². The van der Waals surface area contributed by atoms with E-state index >= 15 is 0 Å². The van der Waals surface area contributed by atoms with E-state index in [-0.39, 0.29) is 4.90 Å². The first-order valence-corrected chi connectivity index (χ1v) is 6.92. The van der Waals surface area contributed by atoms with Crippen LogP contribution in [0.2, 0.25) is 0 Å². The van der Waals surface area contributed by atoms with Crippen molar-refractivity contribution in [1.29, 1.82) is 0 Å². The number of sulfonamides is 1. The predicted molar refractivity (Wildman–Crippen MR) is 71.1 cm³/mol. The fourth-order valence-corrected chi connectivity index (χ4v) is 2.06. The number of rotatable bonds is 4. The Hall–Kier alpha value is -2.28. The smallest absolute Gasteiger partial charge is 0.263 e. The van der Waals surface area contributed by atoms with E-state index < -0.39 is 10.0 Å². The fraction of sp³-hybridized carbons (Fsp3) is 0.0833. The molecule has 0 atom stereocenters. The van der Waals surface area contributed by atoms with Crippen molar-refractivity contribution in [3.8, 4) is 0 Å². The number of hydrogen-bond donors (Lipinski definition) is 1. The van der Waals surface area contributed by atoms with Crippen molar-refractivity contribution in [1.82, 2.24) is 4.98 Å². The summed E-state index contributed by atoms with van der Waals surface area (Å²) in [5.41, 5.74) is 4.24. The Bertz CT molecular complexity index is 684. The van der Waals surface area contributed by atoms with Crippen LogP contribution in [0.25, 0.3) is 0 Å². The third kappa shape index (κ3) is 3.35. The third-order valence-corrected chi connectivity index (χ3v) is 3.53. The summed E-state index contributed by atoms with van der Waals surface area (Å²) in [6.45, 7) is 1.88. The number of nitrogens with zero attached hydrogens (tertiary/aromatic N) is 3. The molecule has 2 rings (SSSR count). The summed E-state index contributed by atoms with van der Waals surface area (Å²) >= 11 is 0. The molecule has 0 saturated carbocycles. The topological polar surface area (TPSA) is 83.8 Å². The van der Waals surface area contributed by atoms with Crippen molar-refractivity contribution in [2.24, 2.45) is 9.74 Å². The molecular formula is C12H12N4O2S. The predicted octanol–water partition coefficient (Wildman–Crippen LogP) is 2.56. The molecule has 1 aromatic heterocycles. The molecule has 0 saturated heterocycles. The molecule has 1 N–H and O–H groups in total. The van der Waals surface area contributed by atoms with Crippen LogP contribution < -0.4 is 5.43 Å². The van der Waals surface area contributed by atoms with Crippen molar-refractivity contribution in [2.45, 2.75) is 11.8 Å². The number of para-hydroxylation sites is 1. The number of aryl methyl sites for hydroxylation is 1. The zero-order valence-corrected chi connectivity index (χ0v) is 11.0. The molecule has 2 aromatic rings. The molecule has 1 aromatic carbocycles. The minimum Gasteiger partial charge on any atom is -0.263 e. The van der Waals surface area contributed by atoms with Crippen molar-refractivity contribution in [3.05, 3.63) is 54.4 Å². The highest BCUT2D eigenvalue weighted by atomic mass is 32.2. The Morgan fingerprint density at radius 2 is 1.95 bits per heavy atom. The van der Waals surface area contributed by atoms with E-state index in [0.717, 1.165) is 5.56 Å². The highest BCUT2D eigenvalue weighted by molar-refractivity contribution is 7.90. The van der Waals surface area contributed by atoms with Gasteiger partial charge in [-0.25, -0.2) is 0 Å². The van der Waals surface area contributed by atoms with Crippen molar-refractivity contribution < 1.29 is 8.42 Å². The van der Waals surface area contributed by atoms with E-state index in [0.29, 0.717) is 5.69 Å². The average molecular weight is 276 g/mol. The largest absolute Gasteiger partial charge is 0.302 e. The average Bonchev–Trinajstić information content (AvgIpc) is 2.42. The van der Waals surface area contributed by atoms with Crippen molar-refractivity contribution in [3.63, 3.8) is 0 Å². The van der Waals surface area contributed by atoms with Gasteiger partial charge in [-0.3, -0.25) is 10.4 Å². The Morgan fingerprint density at radius 1 is 1.16 bits per heavy atom. The molecule has 1 heterocycles. The minimum absolute atomic E-state index is 0.00494. The second kappa shape index (κ2) is 5.57. The van der Waals surface area contributed by atoms with E-state index in [9.17, 15) is 8.42 Å². The van der Waals surface area contributed by atoms with Gasteiger partial charge in [0, 0.05) is 12.4 Å². The third-order valence-electron chi connectivity index (χ3n) is 2.40. The van der Waals surface area contributed by atoms with Crippen LogP contribution in [0.3, 0.4) is 0 Å². The molecule has 0 aliphatic heterocycles. The van der Waals surface area contributed by atoms with Gasteiger partial charge in [0.05, 0.1) is 5.69 Å². The molecule has 6 nitrogen and oxygen atoms in total. The van der Waals surface area contributed by atoms with E-state index in [1.807, 2.05) is 25.1 Å². The second-order valence-corrected chi connectivity index (χ2v) is 5.36. The summed E-state index contributed by atoms with van der Waals surface area (Å²) in [6, 6.07) is 10.3. The Labute approximate surface area is 111 Å². The first kappa shape index (κ1) is 13.2. The van der Waals surface area contributed by atoms with Crippen LogP contribution in [-0.2, 0) is 10.0 Å². The van der Waals surface area contributed by atoms with Crippen molar-refractivity contribution in [2.75, 3.05) is 5.43 Å². The molecule has 0 unspecified atom stereocenters. The molecule has 0 radical (unpaired) electrons. The van der Waals surface area contributed by atoms with Gasteiger partial charge in [0.15, 0.2) is 0 Å². The summed E-state index contributed by atoms with van der Waals surface area (Å²) in [4.78, 5) is 3.74. The molecule has 98 valence electrons. The van der Waals surface area contributed by atoms with Crippen LogP contribution in [-0.4, -0.2) is 13.4 Å². The van der Waals surface area contributed by atoms with Crippen molar-refractivity contribution >= 4 is 15.7 Å². The summed E-state index contributed by atoms with van der Waals surface area (Å²) in [6.07, 6.45) is 2.71. The number of hydrogen-bond acceptors (Lipinski definition) is 4. The highest BCUT2D eigenvalue weighted by Crippen LogP contribution is 2.14. The van der Waals surface area contributed by atoms with Gasteiger partial charge >= 0.3 is 10.0 Å². The molecular weight excluding hydrogens is 264 g/mol. The van der Waals surface area contributed by atoms with Crippen LogP contribution >= 0.6 is 0 Å². The quantitative estimate of drug-likeness (QED) is 0.687. The highest BCUT2D eigenvalue weighted by Gasteiger charge is 2.12. The Kier molecular flexibility index (Phi) is 3.86. The summed E-state index contributed by atoms with van der Waals surface area (Å²) in [5.74, 6) is 0. The summed E-state index contributed by atoms with van der Waals surface area (Å²) in [7, 11) is -3.81. The molecule has 0 aliphatic rings. The maximum Gasteiger partial charge on any atom is 0.302 e. The summed E-state index contributed by atoms with van der Waals surface area (Å²) < 4.78 is 26.8. The SMILES string of the molecule is Cc1ccccc1NN=NS(=O)(=O)c1cccnc1. The first-order valence-electron chi connectivity index (χ1n) is 5.48. The second-order valence-electron chi connectivity index (χ2n) is 3.77. The van der Waals surface area contributed by atoms with Crippen LogP contribution in [0.15, 0.2) is 63.4 Å². The Balaban J connectivity index is 2.14. The van der Waals surface area contributed by atoms with Crippen LogP contribution in [0.1, 0.15) is 5.56 Å². The zero-order valence-electron chi connectivity index (χ0n) is 10.2. The normalized spacial score (nSPS) is 11.6. The van der Waals surface area contributed by atoms with Gasteiger partial charge in [-0.2, -0.15) is 8.42 Å². The molecule has 19 heavy (non-hydrogen) atoms. The lowest BCUT2D eigenvalue weighted by molar-refractivity contribution is 0.594. The number of benzene rings is 1. The lowest BCUT2D eigenvalue weighted by Crippen LogP contribution is -1.98. The lowest BCUT2D eigenvalue weighted by Gasteiger charge is -2.02. The van der Waals surface area contributed by atoms with Gasteiger partial charge in [-0.05, 0) is 35.2 Å². The zero-order chi connectivity index (χ0) is 13.7. The summed E-state index contributed by atoms with van der Waals surface area (Å²) in [5, 5.41) is 3.51. The van der Waals surface area contributed by atoms with Gasteiger partial charge in [0.2, 0.25) is 0 Å². The fourth-order valence-electron chi connectivity index (χ4n) is 1.37. The molecule has 0 spiro atoms. The Morgan fingerprint density at radius 3 is 2.63 bits per heavy atom. The minimum atomic E-state index is -3.81. The molecule has 0 bridgehead atoms. The van der Waals surface area contributed by atoms with Crippen LogP contribution in [0, 0.1) is 6.92 Å².